The van der Waals surface area contributed by atoms with Gasteiger partial charge in [0.2, 0.25) is 0 Å². The molecule has 0 aliphatic heterocycles. The van der Waals surface area contributed by atoms with Gasteiger partial charge in [-0.2, -0.15) is 0 Å². The minimum atomic E-state index is 1.14. The monoisotopic (exact) mass is 171 g/mol. The summed E-state index contributed by atoms with van der Waals surface area (Å²) in [6.45, 7) is 6.38. The van der Waals surface area contributed by atoms with Crippen LogP contribution in [0.5, 0.6) is 0 Å². The number of nitrogens with zero attached hydrogens (tertiary/aromatic N) is 1. The molecule has 66 valence electrons. The van der Waals surface area contributed by atoms with Crippen molar-refractivity contribution in [2.45, 2.75) is 20.8 Å². The quantitative estimate of drug-likeness (QED) is 0.593. The van der Waals surface area contributed by atoms with Crippen molar-refractivity contribution in [2.75, 3.05) is 0 Å². The summed E-state index contributed by atoms with van der Waals surface area (Å²) < 4.78 is 0. The van der Waals surface area contributed by atoms with Crippen molar-refractivity contribution in [3.63, 3.8) is 0 Å². The van der Waals surface area contributed by atoms with E-state index in [1.54, 1.807) is 0 Å². The second-order valence-corrected chi connectivity index (χ2v) is 3.53. The standard InChI is InChI=1S/C12H13N/c1-8-4-5-11-9(2)6-7-13-12(11)10(8)3/h4-7H,1-3H3. The molecule has 0 N–H and O–H groups in total. The van der Waals surface area contributed by atoms with Gasteiger partial charge in [-0.25, -0.2) is 0 Å². The lowest BCUT2D eigenvalue weighted by Crippen LogP contribution is -1.88. The highest BCUT2D eigenvalue weighted by Crippen LogP contribution is 2.21. The fraction of sp³-hybridized carbons (Fsp3) is 0.250. The molecule has 1 heteroatoms. The molecule has 0 spiro atoms. The van der Waals surface area contributed by atoms with Crippen LogP contribution in [0.15, 0.2) is 24.4 Å². The maximum atomic E-state index is 4.40. The molecule has 1 aromatic heterocycles. The lowest BCUT2D eigenvalue weighted by atomic mass is 10.0. The molecule has 0 aliphatic carbocycles. The molecular weight excluding hydrogens is 158 g/mol. The van der Waals surface area contributed by atoms with Gasteiger partial charge >= 0.3 is 0 Å². The number of fused-ring (bicyclic) bond motifs is 1. The van der Waals surface area contributed by atoms with E-state index in [1.165, 1.54) is 22.1 Å². The second kappa shape index (κ2) is 2.84. The molecule has 0 unspecified atom stereocenters. The van der Waals surface area contributed by atoms with Crippen molar-refractivity contribution in [3.8, 4) is 0 Å². The Kier molecular flexibility index (Phi) is 1.80. The fourth-order valence-corrected chi connectivity index (χ4v) is 1.60. The maximum Gasteiger partial charge on any atom is 0.0736 e. The minimum absolute atomic E-state index is 1.14. The largest absolute Gasteiger partial charge is 0.256 e. The molecule has 0 radical (unpaired) electrons. The van der Waals surface area contributed by atoms with E-state index in [1.807, 2.05) is 6.20 Å². The molecule has 0 saturated heterocycles. The zero-order chi connectivity index (χ0) is 9.42. The molecule has 0 atom stereocenters. The molecule has 2 rings (SSSR count). The van der Waals surface area contributed by atoms with Gasteiger partial charge in [-0.3, -0.25) is 4.98 Å². The number of hydrogen-bond donors (Lipinski definition) is 0. The molecule has 0 amide bonds. The van der Waals surface area contributed by atoms with E-state index < -0.39 is 0 Å². The Morgan fingerprint density at radius 3 is 2.46 bits per heavy atom. The Morgan fingerprint density at radius 1 is 0.923 bits per heavy atom. The first kappa shape index (κ1) is 8.24. The van der Waals surface area contributed by atoms with E-state index in [4.69, 9.17) is 0 Å². The summed E-state index contributed by atoms with van der Waals surface area (Å²) in [6, 6.07) is 6.36. The molecule has 1 nitrogen and oxygen atoms in total. The Morgan fingerprint density at radius 2 is 1.69 bits per heavy atom. The van der Waals surface area contributed by atoms with Gasteiger partial charge in [0, 0.05) is 11.6 Å². The van der Waals surface area contributed by atoms with Crippen molar-refractivity contribution in [1.29, 1.82) is 0 Å². The van der Waals surface area contributed by atoms with Crippen LogP contribution in [0.25, 0.3) is 10.9 Å². The van der Waals surface area contributed by atoms with Gasteiger partial charge in [0.25, 0.3) is 0 Å². The molecule has 0 fully saturated rings. The van der Waals surface area contributed by atoms with E-state index in [0.29, 0.717) is 0 Å². The van der Waals surface area contributed by atoms with Crippen LogP contribution in [0.4, 0.5) is 0 Å². The molecule has 0 bridgehead atoms. The third-order valence-corrected chi connectivity index (χ3v) is 2.65. The van der Waals surface area contributed by atoms with E-state index in [9.17, 15) is 0 Å². The highest BCUT2D eigenvalue weighted by Gasteiger charge is 2.02. The Labute approximate surface area is 78.4 Å². The van der Waals surface area contributed by atoms with Crippen LogP contribution < -0.4 is 0 Å². The summed E-state index contributed by atoms with van der Waals surface area (Å²) in [5.41, 5.74) is 5.04. The SMILES string of the molecule is Cc1ccc2c(C)ccnc2c1C. The van der Waals surface area contributed by atoms with Crippen LogP contribution in [0.1, 0.15) is 16.7 Å². The van der Waals surface area contributed by atoms with E-state index >= 15 is 0 Å². The lowest BCUT2D eigenvalue weighted by molar-refractivity contribution is 1.30. The number of aromatic nitrogens is 1. The summed E-state index contributed by atoms with van der Waals surface area (Å²) >= 11 is 0. The lowest BCUT2D eigenvalue weighted by Gasteiger charge is -2.06. The van der Waals surface area contributed by atoms with E-state index in [-0.39, 0.29) is 0 Å². The number of rotatable bonds is 0. The number of hydrogen-bond acceptors (Lipinski definition) is 1. The third-order valence-electron chi connectivity index (χ3n) is 2.65. The summed E-state index contributed by atoms with van der Waals surface area (Å²) in [5, 5.41) is 1.27. The van der Waals surface area contributed by atoms with Crippen molar-refractivity contribution >= 4 is 10.9 Å². The summed E-state index contributed by atoms with van der Waals surface area (Å²) in [7, 11) is 0. The zero-order valence-corrected chi connectivity index (χ0v) is 8.26. The Bertz CT molecular complexity index is 458. The fourth-order valence-electron chi connectivity index (χ4n) is 1.60. The van der Waals surface area contributed by atoms with Gasteiger partial charge in [0.15, 0.2) is 0 Å². The van der Waals surface area contributed by atoms with Crippen LogP contribution >= 0.6 is 0 Å². The average molecular weight is 171 g/mol. The van der Waals surface area contributed by atoms with Crippen molar-refractivity contribution in [2.24, 2.45) is 0 Å². The van der Waals surface area contributed by atoms with Gasteiger partial charge in [-0.15, -0.1) is 0 Å². The van der Waals surface area contributed by atoms with Crippen molar-refractivity contribution in [3.05, 3.63) is 41.1 Å². The van der Waals surface area contributed by atoms with Crippen LogP contribution in [0, 0.1) is 20.8 Å². The summed E-state index contributed by atoms with van der Waals surface area (Å²) in [5.74, 6) is 0. The Balaban J connectivity index is 2.94. The third kappa shape index (κ3) is 1.21. The molecule has 1 aromatic carbocycles. The van der Waals surface area contributed by atoms with Crippen molar-refractivity contribution < 1.29 is 0 Å². The highest BCUT2D eigenvalue weighted by molar-refractivity contribution is 5.85. The van der Waals surface area contributed by atoms with E-state index in [2.05, 4.69) is 44.0 Å². The smallest absolute Gasteiger partial charge is 0.0736 e. The van der Waals surface area contributed by atoms with Gasteiger partial charge in [0.05, 0.1) is 5.52 Å². The van der Waals surface area contributed by atoms with Crippen LogP contribution in [-0.4, -0.2) is 4.98 Å². The highest BCUT2D eigenvalue weighted by atomic mass is 14.6. The zero-order valence-electron chi connectivity index (χ0n) is 8.26. The van der Waals surface area contributed by atoms with Gasteiger partial charge in [-0.1, -0.05) is 12.1 Å². The second-order valence-electron chi connectivity index (χ2n) is 3.53. The molecule has 2 aromatic rings. The number of pyridine rings is 1. The van der Waals surface area contributed by atoms with Crippen molar-refractivity contribution in [1.82, 2.24) is 4.98 Å². The first-order valence-corrected chi connectivity index (χ1v) is 4.51. The molecule has 13 heavy (non-hydrogen) atoms. The molecular formula is C12H13N. The predicted octanol–water partition coefficient (Wildman–Crippen LogP) is 3.16. The average Bonchev–Trinajstić information content (AvgIpc) is 2.12. The summed E-state index contributed by atoms with van der Waals surface area (Å²) in [4.78, 5) is 4.40. The topological polar surface area (TPSA) is 12.9 Å². The van der Waals surface area contributed by atoms with E-state index in [0.717, 1.165) is 5.52 Å². The van der Waals surface area contributed by atoms with Crippen LogP contribution in [-0.2, 0) is 0 Å². The van der Waals surface area contributed by atoms with Gasteiger partial charge in [-0.05, 0) is 43.5 Å². The van der Waals surface area contributed by atoms with Gasteiger partial charge < -0.3 is 0 Å². The van der Waals surface area contributed by atoms with Crippen LogP contribution in [0.2, 0.25) is 0 Å². The molecule has 1 heterocycles. The number of benzene rings is 1. The maximum absolute atomic E-state index is 4.40. The van der Waals surface area contributed by atoms with Crippen LogP contribution in [0.3, 0.4) is 0 Å². The first-order valence-electron chi connectivity index (χ1n) is 4.51. The minimum Gasteiger partial charge on any atom is -0.256 e. The van der Waals surface area contributed by atoms with Gasteiger partial charge in [0.1, 0.15) is 0 Å². The summed E-state index contributed by atoms with van der Waals surface area (Å²) in [6.07, 6.45) is 1.88. The normalized spacial score (nSPS) is 10.7. The molecule has 0 aliphatic rings. The molecule has 0 saturated carbocycles. The number of aryl methyl sites for hydroxylation is 3. The first-order chi connectivity index (χ1) is 6.20. The Hall–Kier alpha value is -1.37. The predicted molar refractivity (Wildman–Crippen MR) is 56.0 cm³/mol.